The minimum atomic E-state index is -4.68. The third-order valence-corrected chi connectivity index (χ3v) is 5.78. The molecule has 0 saturated heterocycles. The zero-order valence-electron chi connectivity index (χ0n) is 13.8. The highest BCUT2D eigenvalue weighted by molar-refractivity contribution is 7.91. The number of aryl methyl sites for hydroxylation is 1. The fourth-order valence-corrected chi connectivity index (χ4v) is 3.66. The molecule has 10 heteroatoms. The van der Waals surface area contributed by atoms with Crippen molar-refractivity contribution in [3.8, 4) is 0 Å². The number of fused-ring (bicyclic) bond motifs is 1. The summed E-state index contributed by atoms with van der Waals surface area (Å²) >= 11 is 0. The first kappa shape index (κ1) is 18.3. The van der Waals surface area contributed by atoms with Crippen LogP contribution >= 0.6 is 0 Å². The Kier molecular flexibility index (Phi) is 4.26. The van der Waals surface area contributed by atoms with Crippen LogP contribution in [0.15, 0.2) is 29.3 Å². The second kappa shape index (κ2) is 6.04. The van der Waals surface area contributed by atoms with Gasteiger partial charge in [-0.25, -0.2) is 13.4 Å². The van der Waals surface area contributed by atoms with Crippen LogP contribution in [0.2, 0.25) is 0 Å². The van der Waals surface area contributed by atoms with Crippen molar-refractivity contribution in [3.63, 3.8) is 0 Å². The van der Waals surface area contributed by atoms with Crippen LogP contribution in [-0.4, -0.2) is 30.0 Å². The van der Waals surface area contributed by atoms with Crippen molar-refractivity contribution >= 4 is 21.6 Å². The third-order valence-electron chi connectivity index (χ3n) is 4.03. The molecule has 0 bridgehead atoms. The van der Waals surface area contributed by atoms with Crippen molar-refractivity contribution in [2.75, 3.05) is 10.7 Å². The van der Waals surface area contributed by atoms with Gasteiger partial charge >= 0.3 is 6.18 Å². The third kappa shape index (κ3) is 3.05. The van der Waals surface area contributed by atoms with Gasteiger partial charge in [0.25, 0.3) is 5.91 Å². The van der Waals surface area contributed by atoms with Gasteiger partial charge in [-0.3, -0.25) is 14.7 Å². The molecule has 0 N–H and O–H groups in total. The Bertz CT molecular complexity index is 1000. The largest absolute Gasteiger partial charge is 0.433 e. The maximum atomic E-state index is 12.8. The molecule has 0 unspecified atom stereocenters. The summed E-state index contributed by atoms with van der Waals surface area (Å²) in [6.07, 6.45) is -3.69. The predicted octanol–water partition coefficient (Wildman–Crippen LogP) is 2.76. The van der Waals surface area contributed by atoms with Crippen molar-refractivity contribution in [2.45, 2.75) is 31.5 Å². The molecule has 3 rings (SSSR count). The molecule has 0 aliphatic carbocycles. The van der Waals surface area contributed by atoms with E-state index in [9.17, 15) is 26.4 Å². The lowest BCUT2D eigenvalue weighted by molar-refractivity contribution is -0.141. The van der Waals surface area contributed by atoms with Gasteiger partial charge < -0.3 is 0 Å². The number of alkyl halides is 3. The highest BCUT2D eigenvalue weighted by Gasteiger charge is 2.38. The zero-order valence-corrected chi connectivity index (χ0v) is 14.6. The van der Waals surface area contributed by atoms with Gasteiger partial charge in [0, 0.05) is 23.0 Å². The molecular weight excluding hydrogens is 371 g/mol. The van der Waals surface area contributed by atoms with Gasteiger partial charge in [0.1, 0.15) is 10.6 Å². The first-order valence-corrected chi connectivity index (χ1v) is 9.28. The number of hydrogen-bond donors (Lipinski definition) is 0. The molecule has 0 saturated carbocycles. The normalized spacial score (nSPS) is 14.7. The Morgan fingerprint density at radius 2 is 1.96 bits per heavy atom. The van der Waals surface area contributed by atoms with E-state index in [1.54, 1.807) is 6.92 Å². The molecule has 26 heavy (non-hydrogen) atoms. The van der Waals surface area contributed by atoms with E-state index in [-0.39, 0.29) is 34.1 Å². The first-order valence-electron chi connectivity index (χ1n) is 7.63. The number of carbonyl (C=O) groups excluding carboxylic acids is 1. The fourth-order valence-electron chi connectivity index (χ4n) is 2.64. The summed E-state index contributed by atoms with van der Waals surface area (Å²) in [5, 5.41) is 0. The highest BCUT2D eigenvalue weighted by Crippen LogP contribution is 2.35. The molecule has 3 heterocycles. The van der Waals surface area contributed by atoms with E-state index < -0.39 is 27.6 Å². The van der Waals surface area contributed by atoms with E-state index in [0.717, 1.165) is 11.1 Å². The van der Waals surface area contributed by atoms with E-state index in [1.807, 2.05) is 0 Å². The average Bonchev–Trinajstić information content (AvgIpc) is 2.90. The van der Waals surface area contributed by atoms with Crippen LogP contribution in [0.1, 0.15) is 34.2 Å². The molecule has 1 aliphatic heterocycles. The molecule has 0 radical (unpaired) electrons. The maximum absolute atomic E-state index is 12.8. The molecule has 6 nitrogen and oxygen atoms in total. The Balaban J connectivity index is 2.11. The van der Waals surface area contributed by atoms with Gasteiger partial charge in [0.05, 0.1) is 12.3 Å². The number of hydrogen-bond acceptors (Lipinski definition) is 5. The van der Waals surface area contributed by atoms with Crippen LogP contribution in [0.4, 0.5) is 19.0 Å². The Morgan fingerprint density at radius 1 is 1.27 bits per heavy atom. The Labute approximate surface area is 147 Å². The lowest BCUT2D eigenvalue weighted by Crippen LogP contribution is -2.27. The summed E-state index contributed by atoms with van der Waals surface area (Å²) in [6, 6.07) is 3.54. The van der Waals surface area contributed by atoms with E-state index in [2.05, 4.69) is 9.97 Å². The van der Waals surface area contributed by atoms with Crippen LogP contribution in [0.25, 0.3) is 0 Å². The van der Waals surface area contributed by atoms with E-state index in [0.29, 0.717) is 11.8 Å². The molecular formula is C16H14F3N3O3S. The molecule has 138 valence electrons. The monoisotopic (exact) mass is 385 g/mol. The summed E-state index contributed by atoms with van der Waals surface area (Å²) in [6.45, 7) is 2.99. The lowest BCUT2D eigenvalue weighted by Gasteiger charge is -2.18. The number of anilines is 1. The number of amides is 1. The Hall–Kier alpha value is -2.49. The SMILES string of the molecule is CCS(=O)(=O)c1ccc(C)nc1N1Cc2cnc(C(F)(F)F)cc2C1=O. The summed E-state index contributed by atoms with van der Waals surface area (Å²) in [7, 11) is -3.68. The molecule has 0 atom stereocenters. The predicted molar refractivity (Wildman–Crippen MR) is 86.5 cm³/mol. The van der Waals surface area contributed by atoms with Crippen LogP contribution in [0, 0.1) is 6.92 Å². The summed E-state index contributed by atoms with van der Waals surface area (Å²) in [5.74, 6) is -1.01. The minimum Gasteiger partial charge on any atom is -0.287 e. The van der Waals surface area contributed by atoms with E-state index >= 15 is 0 Å². The van der Waals surface area contributed by atoms with Gasteiger partial charge in [-0.2, -0.15) is 13.2 Å². The van der Waals surface area contributed by atoms with Crippen molar-refractivity contribution < 1.29 is 26.4 Å². The number of sulfone groups is 1. The van der Waals surface area contributed by atoms with Crippen molar-refractivity contribution in [1.82, 2.24) is 9.97 Å². The van der Waals surface area contributed by atoms with Gasteiger partial charge in [-0.15, -0.1) is 0 Å². The van der Waals surface area contributed by atoms with Crippen LogP contribution in [-0.2, 0) is 22.6 Å². The number of halogens is 3. The molecule has 1 aliphatic rings. The van der Waals surface area contributed by atoms with Gasteiger partial charge in [-0.05, 0) is 25.1 Å². The van der Waals surface area contributed by atoms with Crippen molar-refractivity contribution in [1.29, 1.82) is 0 Å². The standard InChI is InChI=1S/C16H14F3N3O3S/c1-3-26(24,25)12-5-4-9(2)21-14(12)22-8-10-7-20-13(16(17,18)19)6-11(10)15(22)23/h4-7H,3,8H2,1-2H3. The molecule has 2 aromatic heterocycles. The maximum Gasteiger partial charge on any atom is 0.433 e. The van der Waals surface area contributed by atoms with Gasteiger partial charge in [-0.1, -0.05) is 6.92 Å². The van der Waals surface area contributed by atoms with Crippen LogP contribution < -0.4 is 4.90 Å². The van der Waals surface area contributed by atoms with Crippen molar-refractivity contribution in [2.24, 2.45) is 0 Å². The van der Waals surface area contributed by atoms with Crippen molar-refractivity contribution in [3.05, 3.63) is 46.9 Å². The average molecular weight is 385 g/mol. The lowest BCUT2D eigenvalue weighted by atomic mass is 10.1. The van der Waals surface area contributed by atoms with Crippen LogP contribution in [0.3, 0.4) is 0 Å². The quantitative estimate of drug-likeness (QED) is 0.812. The molecule has 1 amide bonds. The highest BCUT2D eigenvalue weighted by atomic mass is 32.2. The topological polar surface area (TPSA) is 80.2 Å². The number of aromatic nitrogens is 2. The second-order valence-corrected chi connectivity index (χ2v) is 8.04. The minimum absolute atomic E-state index is 0.0818. The smallest absolute Gasteiger partial charge is 0.287 e. The van der Waals surface area contributed by atoms with Gasteiger partial charge in [0.15, 0.2) is 15.7 Å². The van der Waals surface area contributed by atoms with Crippen LogP contribution in [0.5, 0.6) is 0 Å². The summed E-state index contributed by atoms with van der Waals surface area (Å²) < 4.78 is 63.2. The molecule has 2 aromatic rings. The molecule has 0 fully saturated rings. The second-order valence-electron chi connectivity index (χ2n) is 5.79. The fraction of sp³-hybridized carbons (Fsp3) is 0.312. The van der Waals surface area contributed by atoms with E-state index in [4.69, 9.17) is 0 Å². The molecule has 0 spiro atoms. The summed E-state index contributed by atoms with van der Waals surface area (Å²) in [4.78, 5) is 21.1. The zero-order chi connectivity index (χ0) is 19.3. The Morgan fingerprint density at radius 3 is 2.58 bits per heavy atom. The summed E-state index contributed by atoms with van der Waals surface area (Å²) in [5.41, 5.74) is -0.570. The number of carbonyl (C=O) groups is 1. The number of pyridine rings is 2. The first-order chi connectivity index (χ1) is 12.0. The molecule has 0 aromatic carbocycles. The number of rotatable bonds is 3. The van der Waals surface area contributed by atoms with E-state index in [1.165, 1.54) is 19.1 Å². The number of nitrogens with zero attached hydrogens (tertiary/aromatic N) is 3. The van der Waals surface area contributed by atoms with Gasteiger partial charge in [0.2, 0.25) is 0 Å².